The maximum absolute atomic E-state index is 12.0. The van der Waals surface area contributed by atoms with Crippen LogP contribution in [0.5, 0.6) is 0 Å². The molecular weight excluding hydrogens is 290 g/mol. The lowest BCUT2D eigenvalue weighted by Crippen LogP contribution is -2.39. The second-order valence-electron chi connectivity index (χ2n) is 5.25. The molecule has 0 aromatic heterocycles. The highest BCUT2D eigenvalue weighted by Gasteiger charge is 2.27. The van der Waals surface area contributed by atoms with Crippen molar-refractivity contribution >= 4 is 15.9 Å². The second-order valence-corrected chi connectivity index (χ2v) is 7.34. The van der Waals surface area contributed by atoms with Gasteiger partial charge in [0.25, 0.3) is 0 Å². The summed E-state index contributed by atoms with van der Waals surface area (Å²) in [6.07, 6.45) is 0.652. The molecule has 1 atom stereocenters. The van der Waals surface area contributed by atoms with Crippen molar-refractivity contribution in [3.63, 3.8) is 0 Å². The normalized spacial score (nSPS) is 19.3. The molecule has 1 saturated heterocycles. The average Bonchev–Trinajstić information content (AvgIpc) is 2.78. The standard InChI is InChI=1S/C14H21N3O3S/c1-11-3-5-12(6-4-11)13(15)14(18)16-7-9-17-8-2-10-21(17,19)20/h3-6,13H,2,7-10,15H2,1H3,(H,16,18). The summed E-state index contributed by atoms with van der Waals surface area (Å²) in [6.45, 7) is 3.07. The monoisotopic (exact) mass is 311 g/mol. The third kappa shape index (κ3) is 4.03. The van der Waals surface area contributed by atoms with E-state index in [4.69, 9.17) is 5.73 Å². The van der Waals surface area contributed by atoms with E-state index >= 15 is 0 Å². The Morgan fingerprint density at radius 2 is 2.05 bits per heavy atom. The fourth-order valence-electron chi connectivity index (χ4n) is 2.28. The molecule has 1 unspecified atom stereocenters. The Morgan fingerprint density at radius 1 is 1.38 bits per heavy atom. The Bertz CT molecular complexity index is 598. The Balaban J connectivity index is 1.83. The molecule has 7 heteroatoms. The molecule has 0 aliphatic carbocycles. The summed E-state index contributed by atoms with van der Waals surface area (Å²) in [7, 11) is -3.11. The van der Waals surface area contributed by atoms with Gasteiger partial charge in [-0.3, -0.25) is 4.79 Å². The van der Waals surface area contributed by atoms with Crippen LogP contribution in [-0.4, -0.2) is 44.0 Å². The van der Waals surface area contributed by atoms with Crippen LogP contribution in [0.15, 0.2) is 24.3 Å². The van der Waals surface area contributed by atoms with Crippen LogP contribution in [0.1, 0.15) is 23.6 Å². The largest absolute Gasteiger partial charge is 0.353 e. The summed E-state index contributed by atoms with van der Waals surface area (Å²) in [5.74, 6) is -0.0976. The molecule has 0 spiro atoms. The van der Waals surface area contributed by atoms with E-state index in [0.29, 0.717) is 19.5 Å². The predicted molar refractivity (Wildman–Crippen MR) is 81.1 cm³/mol. The molecule has 1 aliphatic heterocycles. The van der Waals surface area contributed by atoms with Gasteiger partial charge in [-0.05, 0) is 18.9 Å². The molecule has 116 valence electrons. The van der Waals surface area contributed by atoms with Gasteiger partial charge in [0.05, 0.1) is 5.75 Å². The predicted octanol–water partition coefficient (Wildman–Crippen LogP) is 0.147. The van der Waals surface area contributed by atoms with Crippen LogP contribution >= 0.6 is 0 Å². The lowest BCUT2D eigenvalue weighted by molar-refractivity contribution is -0.122. The maximum Gasteiger partial charge on any atom is 0.241 e. The van der Waals surface area contributed by atoms with Crippen molar-refractivity contribution in [3.05, 3.63) is 35.4 Å². The van der Waals surface area contributed by atoms with Crippen molar-refractivity contribution in [1.29, 1.82) is 0 Å². The van der Waals surface area contributed by atoms with E-state index in [1.807, 2.05) is 31.2 Å². The summed E-state index contributed by atoms with van der Waals surface area (Å²) >= 11 is 0. The second kappa shape index (κ2) is 6.55. The van der Waals surface area contributed by atoms with E-state index in [2.05, 4.69) is 5.32 Å². The van der Waals surface area contributed by atoms with Crippen LogP contribution < -0.4 is 11.1 Å². The molecule has 1 heterocycles. The third-order valence-electron chi connectivity index (χ3n) is 3.58. The Morgan fingerprint density at radius 3 is 2.62 bits per heavy atom. The summed E-state index contributed by atoms with van der Waals surface area (Å²) in [6, 6.07) is 6.72. The number of nitrogens with one attached hydrogen (secondary N) is 1. The Kier molecular flexibility index (Phi) is 4.97. The molecular formula is C14H21N3O3S. The lowest BCUT2D eigenvalue weighted by Gasteiger charge is -2.16. The van der Waals surface area contributed by atoms with Gasteiger partial charge in [-0.1, -0.05) is 29.8 Å². The molecule has 0 saturated carbocycles. The summed E-state index contributed by atoms with van der Waals surface area (Å²) in [5, 5.41) is 2.69. The molecule has 3 N–H and O–H groups in total. The van der Waals surface area contributed by atoms with E-state index in [9.17, 15) is 13.2 Å². The van der Waals surface area contributed by atoms with Gasteiger partial charge in [-0.15, -0.1) is 0 Å². The first kappa shape index (κ1) is 15.9. The van der Waals surface area contributed by atoms with Gasteiger partial charge in [-0.25, -0.2) is 12.7 Å². The van der Waals surface area contributed by atoms with Gasteiger partial charge < -0.3 is 11.1 Å². The van der Waals surface area contributed by atoms with Crippen molar-refractivity contribution in [2.75, 3.05) is 25.4 Å². The van der Waals surface area contributed by atoms with Gasteiger partial charge in [-0.2, -0.15) is 0 Å². The molecule has 1 aliphatic rings. The first-order chi connectivity index (χ1) is 9.90. The van der Waals surface area contributed by atoms with Crippen molar-refractivity contribution in [2.24, 2.45) is 5.73 Å². The third-order valence-corrected chi connectivity index (χ3v) is 5.54. The summed E-state index contributed by atoms with van der Waals surface area (Å²) in [4.78, 5) is 12.0. The van der Waals surface area contributed by atoms with E-state index in [0.717, 1.165) is 11.1 Å². The van der Waals surface area contributed by atoms with E-state index < -0.39 is 16.1 Å². The number of hydrogen-bond acceptors (Lipinski definition) is 4. The molecule has 0 radical (unpaired) electrons. The number of amides is 1. The van der Waals surface area contributed by atoms with Crippen LogP contribution in [-0.2, 0) is 14.8 Å². The Hall–Kier alpha value is -1.44. The molecule has 0 bridgehead atoms. The van der Waals surface area contributed by atoms with E-state index in [1.165, 1.54) is 4.31 Å². The van der Waals surface area contributed by atoms with Crippen molar-refractivity contribution in [2.45, 2.75) is 19.4 Å². The van der Waals surface area contributed by atoms with Crippen LogP contribution in [0.2, 0.25) is 0 Å². The summed E-state index contributed by atoms with van der Waals surface area (Å²) in [5.41, 5.74) is 7.74. The molecule has 2 rings (SSSR count). The van der Waals surface area contributed by atoms with E-state index in [1.54, 1.807) is 0 Å². The number of hydrogen-bond donors (Lipinski definition) is 2. The van der Waals surface area contributed by atoms with Gasteiger partial charge >= 0.3 is 0 Å². The van der Waals surface area contributed by atoms with Crippen LogP contribution in [0.25, 0.3) is 0 Å². The topological polar surface area (TPSA) is 92.5 Å². The number of nitrogens with zero attached hydrogens (tertiary/aromatic N) is 1. The van der Waals surface area contributed by atoms with Crippen LogP contribution in [0.3, 0.4) is 0 Å². The number of nitrogens with two attached hydrogens (primary N) is 1. The van der Waals surface area contributed by atoms with Crippen LogP contribution in [0, 0.1) is 6.92 Å². The molecule has 6 nitrogen and oxygen atoms in total. The number of carbonyl (C=O) groups is 1. The smallest absolute Gasteiger partial charge is 0.241 e. The van der Waals surface area contributed by atoms with Crippen LogP contribution in [0.4, 0.5) is 0 Å². The maximum atomic E-state index is 12.0. The highest BCUT2D eigenvalue weighted by molar-refractivity contribution is 7.89. The minimum absolute atomic E-state index is 0.198. The fraction of sp³-hybridized carbons (Fsp3) is 0.500. The number of aryl methyl sites for hydroxylation is 1. The van der Waals surface area contributed by atoms with Gasteiger partial charge in [0.2, 0.25) is 15.9 Å². The van der Waals surface area contributed by atoms with Crippen molar-refractivity contribution < 1.29 is 13.2 Å². The molecule has 1 amide bonds. The zero-order valence-electron chi connectivity index (χ0n) is 12.1. The number of benzene rings is 1. The minimum atomic E-state index is -3.11. The lowest BCUT2D eigenvalue weighted by atomic mass is 10.1. The highest BCUT2D eigenvalue weighted by Crippen LogP contribution is 2.13. The molecule has 21 heavy (non-hydrogen) atoms. The quantitative estimate of drug-likeness (QED) is 0.809. The van der Waals surface area contributed by atoms with Gasteiger partial charge in [0.1, 0.15) is 6.04 Å². The zero-order chi connectivity index (χ0) is 15.5. The van der Waals surface area contributed by atoms with Crippen molar-refractivity contribution in [1.82, 2.24) is 9.62 Å². The average molecular weight is 311 g/mol. The number of carbonyl (C=O) groups excluding carboxylic acids is 1. The number of rotatable bonds is 5. The fourth-order valence-corrected chi connectivity index (χ4v) is 3.81. The highest BCUT2D eigenvalue weighted by atomic mass is 32.2. The first-order valence-electron chi connectivity index (χ1n) is 6.98. The Labute approximate surface area is 125 Å². The SMILES string of the molecule is Cc1ccc(C(N)C(=O)NCCN2CCCS2(=O)=O)cc1. The first-order valence-corrected chi connectivity index (χ1v) is 8.59. The number of sulfonamides is 1. The molecule has 1 aromatic carbocycles. The zero-order valence-corrected chi connectivity index (χ0v) is 12.9. The van der Waals surface area contributed by atoms with Gasteiger partial charge in [0, 0.05) is 19.6 Å². The molecule has 1 fully saturated rings. The van der Waals surface area contributed by atoms with Crippen molar-refractivity contribution in [3.8, 4) is 0 Å². The summed E-state index contributed by atoms with van der Waals surface area (Å²) < 4.78 is 24.6. The molecule has 1 aromatic rings. The minimum Gasteiger partial charge on any atom is -0.353 e. The van der Waals surface area contributed by atoms with Gasteiger partial charge in [0.15, 0.2) is 0 Å². The van der Waals surface area contributed by atoms with E-state index in [-0.39, 0.29) is 18.2 Å².